The van der Waals surface area contributed by atoms with Crippen LogP contribution in [-0.2, 0) is 14.8 Å². The molecule has 6 nitrogen and oxygen atoms in total. The van der Waals surface area contributed by atoms with E-state index in [0.717, 1.165) is 0 Å². The molecule has 0 aromatic heterocycles. The zero-order valence-electron chi connectivity index (χ0n) is 12.5. The number of thioether (sulfide) groups is 1. The molecule has 0 aliphatic rings. The SMILES string of the molecule is CSCC(C)C(=O)Nc1cccc(S(=O)(=O)NCCN)c1.Cl. The Morgan fingerprint density at radius 3 is 2.68 bits per heavy atom. The van der Waals surface area contributed by atoms with Gasteiger partial charge in [-0.25, -0.2) is 13.1 Å². The smallest absolute Gasteiger partial charge is 0.240 e. The van der Waals surface area contributed by atoms with Crippen LogP contribution in [0.25, 0.3) is 0 Å². The summed E-state index contributed by atoms with van der Waals surface area (Å²) in [5.74, 6) is 0.437. The second-order valence-corrected chi connectivity index (χ2v) is 7.24. The van der Waals surface area contributed by atoms with Crippen molar-refractivity contribution in [1.29, 1.82) is 0 Å². The number of carbonyl (C=O) groups excluding carboxylic acids is 1. The van der Waals surface area contributed by atoms with Crippen LogP contribution in [0.15, 0.2) is 29.2 Å². The van der Waals surface area contributed by atoms with Gasteiger partial charge < -0.3 is 11.1 Å². The fourth-order valence-electron chi connectivity index (χ4n) is 1.61. The van der Waals surface area contributed by atoms with Crippen molar-refractivity contribution >= 4 is 45.8 Å². The van der Waals surface area contributed by atoms with Gasteiger partial charge in [-0.3, -0.25) is 4.79 Å². The topological polar surface area (TPSA) is 101 Å². The molecule has 0 fully saturated rings. The zero-order valence-corrected chi connectivity index (χ0v) is 15.0. The van der Waals surface area contributed by atoms with E-state index >= 15 is 0 Å². The summed E-state index contributed by atoms with van der Waals surface area (Å²) in [6.07, 6.45) is 1.93. The quantitative estimate of drug-likeness (QED) is 0.642. The summed E-state index contributed by atoms with van der Waals surface area (Å²) in [6, 6.07) is 6.15. The number of amides is 1. The second-order valence-electron chi connectivity index (χ2n) is 4.56. The highest BCUT2D eigenvalue weighted by Crippen LogP contribution is 2.16. The maximum absolute atomic E-state index is 12.0. The normalized spacial score (nSPS) is 12.3. The molecule has 1 rings (SSSR count). The highest BCUT2D eigenvalue weighted by molar-refractivity contribution is 7.98. The van der Waals surface area contributed by atoms with Crippen molar-refractivity contribution in [3.63, 3.8) is 0 Å². The van der Waals surface area contributed by atoms with E-state index in [1.165, 1.54) is 12.1 Å². The Morgan fingerprint density at radius 2 is 2.09 bits per heavy atom. The highest BCUT2D eigenvalue weighted by Gasteiger charge is 2.16. The summed E-state index contributed by atoms with van der Waals surface area (Å²) in [5, 5.41) is 2.73. The molecule has 1 amide bonds. The summed E-state index contributed by atoms with van der Waals surface area (Å²) in [7, 11) is -3.60. The molecule has 22 heavy (non-hydrogen) atoms. The minimum absolute atomic E-state index is 0. The van der Waals surface area contributed by atoms with E-state index in [4.69, 9.17) is 5.73 Å². The van der Waals surface area contributed by atoms with Gasteiger partial charge in [0.25, 0.3) is 0 Å². The van der Waals surface area contributed by atoms with Crippen molar-refractivity contribution in [2.24, 2.45) is 11.7 Å². The number of carbonyl (C=O) groups is 1. The van der Waals surface area contributed by atoms with E-state index in [1.807, 2.05) is 13.2 Å². The van der Waals surface area contributed by atoms with Gasteiger partial charge in [0.15, 0.2) is 0 Å². The van der Waals surface area contributed by atoms with Crippen LogP contribution in [0.1, 0.15) is 6.92 Å². The Morgan fingerprint density at radius 1 is 1.41 bits per heavy atom. The van der Waals surface area contributed by atoms with Crippen LogP contribution in [0.5, 0.6) is 0 Å². The number of nitrogens with one attached hydrogen (secondary N) is 2. The highest BCUT2D eigenvalue weighted by atomic mass is 35.5. The molecule has 0 saturated heterocycles. The maximum atomic E-state index is 12.0. The molecule has 4 N–H and O–H groups in total. The first kappa shape index (κ1) is 21.2. The number of benzene rings is 1. The third-order valence-electron chi connectivity index (χ3n) is 2.71. The largest absolute Gasteiger partial charge is 0.329 e. The lowest BCUT2D eigenvalue weighted by Gasteiger charge is -2.12. The van der Waals surface area contributed by atoms with Crippen LogP contribution in [0.3, 0.4) is 0 Å². The number of hydrogen-bond donors (Lipinski definition) is 3. The summed E-state index contributed by atoms with van der Waals surface area (Å²) in [4.78, 5) is 12.0. The Labute approximate surface area is 142 Å². The van der Waals surface area contributed by atoms with E-state index in [-0.39, 0.29) is 42.2 Å². The molecule has 0 aliphatic carbocycles. The fraction of sp³-hybridized carbons (Fsp3) is 0.462. The van der Waals surface area contributed by atoms with E-state index in [1.54, 1.807) is 23.9 Å². The Bertz CT molecular complexity index is 582. The number of sulfonamides is 1. The molecule has 0 heterocycles. The van der Waals surface area contributed by atoms with E-state index in [2.05, 4.69) is 10.0 Å². The molecule has 0 bridgehead atoms. The standard InChI is InChI=1S/C13H21N3O3S2.ClH/c1-10(9-20-2)13(17)16-11-4-3-5-12(8-11)21(18,19)15-7-6-14;/h3-5,8,10,15H,6-7,9,14H2,1-2H3,(H,16,17);1H. The van der Waals surface area contributed by atoms with Gasteiger partial charge >= 0.3 is 0 Å². The minimum Gasteiger partial charge on any atom is -0.329 e. The summed E-state index contributed by atoms with van der Waals surface area (Å²) < 4.78 is 26.3. The predicted octanol–water partition coefficient (Wildman–Crippen LogP) is 1.28. The van der Waals surface area contributed by atoms with Gasteiger partial charge in [-0.1, -0.05) is 13.0 Å². The predicted molar refractivity (Wildman–Crippen MR) is 94.1 cm³/mol. The zero-order chi connectivity index (χ0) is 15.9. The lowest BCUT2D eigenvalue weighted by molar-refractivity contribution is -0.118. The third-order valence-corrected chi connectivity index (χ3v) is 5.00. The average Bonchev–Trinajstić information content (AvgIpc) is 2.45. The first-order valence-corrected chi connectivity index (χ1v) is 9.38. The molecule has 1 aromatic rings. The third kappa shape index (κ3) is 6.53. The van der Waals surface area contributed by atoms with Crippen LogP contribution in [-0.4, -0.2) is 39.4 Å². The van der Waals surface area contributed by atoms with Crippen LogP contribution >= 0.6 is 24.2 Å². The fourth-order valence-corrected chi connectivity index (χ4v) is 3.35. The minimum atomic E-state index is -3.60. The number of hydrogen-bond acceptors (Lipinski definition) is 5. The monoisotopic (exact) mass is 367 g/mol. The van der Waals surface area contributed by atoms with Crippen LogP contribution in [0, 0.1) is 5.92 Å². The first-order chi connectivity index (χ1) is 9.90. The van der Waals surface area contributed by atoms with Crippen molar-refractivity contribution < 1.29 is 13.2 Å². The molecule has 1 aromatic carbocycles. The number of nitrogens with two attached hydrogens (primary N) is 1. The van der Waals surface area contributed by atoms with E-state index in [9.17, 15) is 13.2 Å². The maximum Gasteiger partial charge on any atom is 0.240 e. The number of halogens is 1. The molecule has 0 radical (unpaired) electrons. The van der Waals surface area contributed by atoms with Gasteiger partial charge in [-0.05, 0) is 24.5 Å². The van der Waals surface area contributed by atoms with Crippen molar-refractivity contribution in [2.45, 2.75) is 11.8 Å². The van der Waals surface area contributed by atoms with Gasteiger partial charge in [0, 0.05) is 30.4 Å². The van der Waals surface area contributed by atoms with Gasteiger partial charge in [0.2, 0.25) is 15.9 Å². The molecule has 1 unspecified atom stereocenters. The van der Waals surface area contributed by atoms with Gasteiger partial charge in [0.05, 0.1) is 4.90 Å². The van der Waals surface area contributed by atoms with Crippen molar-refractivity contribution in [3.05, 3.63) is 24.3 Å². The summed E-state index contributed by atoms with van der Waals surface area (Å²) in [5.41, 5.74) is 5.75. The molecule has 126 valence electrons. The lowest BCUT2D eigenvalue weighted by Crippen LogP contribution is -2.29. The number of rotatable bonds is 8. The van der Waals surface area contributed by atoms with E-state index < -0.39 is 10.0 Å². The van der Waals surface area contributed by atoms with Crippen LogP contribution < -0.4 is 15.8 Å². The molecule has 1 atom stereocenters. The molecule has 0 saturated carbocycles. The number of anilines is 1. The summed E-state index contributed by atoms with van der Waals surface area (Å²) in [6.45, 7) is 2.22. The Balaban J connectivity index is 0.00000441. The van der Waals surface area contributed by atoms with Gasteiger partial charge in [-0.2, -0.15) is 11.8 Å². The Hall–Kier alpha value is -0.800. The van der Waals surface area contributed by atoms with Crippen molar-refractivity contribution in [1.82, 2.24) is 4.72 Å². The summed E-state index contributed by atoms with van der Waals surface area (Å²) >= 11 is 1.59. The molecule has 0 aliphatic heterocycles. The average molecular weight is 368 g/mol. The van der Waals surface area contributed by atoms with Crippen LogP contribution in [0.2, 0.25) is 0 Å². The lowest BCUT2D eigenvalue weighted by atomic mass is 10.2. The van der Waals surface area contributed by atoms with Crippen LogP contribution in [0.4, 0.5) is 5.69 Å². The van der Waals surface area contributed by atoms with Crippen molar-refractivity contribution in [2.75, 3.05) is 30.4 Å². The van der Waals surface area contributed by atoms with Gasteiger partial charge in [0.1, 0.15) is 0 Å². The Kier molecular flexibility index (Phi) is 9.70. The van der Waals surface area contributed by atoms with Gasteiger partial charge in [-0.15, -0.1) is 12.4 Å². The van der Waals surface area contributed by atoms with E-state index in [0.29, 0.717) is 11.4 Å². The second kappa shape index (κ2) is 10.1. The molecular formula is C13H22ClN3O3S2. The molecule has 9 heteroatoms. The molecule has 0 spiro atoms. The molecular weight excluding hydrogens is 346 g/mol. The first-order valence-electron chi connectivity index (χ1n) is 6.50. The van der Waals surface area contributed by atoms with Crippen molar-refractivity contribution in [3.8, 4) is 0 Å².